The molecule has 8 nitrogen and oxygen atoms in total. The van der Waals surface area contributed by atoms with Gasteiger partial charge in [-0.3, -0.25) is 13.7 Å². The molecule has 21 rings (SSSR count). The van der Waals surface area contributed by atoms with Crippen molar-refractivity contribution in [3.05, 3.63) is 231 Å². The summed E-state index contributed by atoms with van der Waals surface area (Å²) < 4.78 is 24.8. The van der Waals surface area contributed by atoms with Crippen molar-refractivity contribution in [3.63, 3.8) is 0 Å². The van der Waals surface area contributed by atoms with Crippen molar-refractivity contribution in [1.29, 1.82) is 0 Å². The van der Waals surface area contributed by atoms with Gasteiger partial charge in [0.15, 0.2) is 10.7 Å². The zero-order valence-electron chi connectivity index (χ0n) is 46.6. The first-order valence-electron chi connectivity index (χ1n) is 29.4. The molecule has 410 valence electrons. The van der Waals surface area contributed by atoms with Crippen LogP contribution in [0, 0.1) is 0 Å². The number of benzene rings is 12. The second kappa shape index (κ2) is 17.4. The van der Waals surface area contributed by atoms with Gasteiger partial charge in [-0.2, -0.15) is 4.98 Å². The molecule has 0 radical (unpaired) electrons. The lowest BCUT2D eigenvalue weighted by molar-refractivity contribution is 0.575. The maximum absolute atomic E-state index is 6.79. The van der Waals surface area contributed by atoms with Crippen LogP contribution in [0.5, 0.6) is 0 Å². The Hall–Kier alpha value is -10.5. The van der Waals surface area contributed by atoms with E-state index in [1.54, 1.807) is 11.3 Å². The molecule has 9 heterocycles. The predicted molar refractivity (Wildman–Crippen MR) is 374 cm³/mol. The summed E-state index contributed by atoms with van der Waals surface area (Å²) in [7, 11) is 2.13. The van der Waals surface area contributed by atoms with Crippen LogP contribution >= 0.6 is 45.3 Å². The van der Waals surface area contributed by atoms with Crippen molar-refractivity contribution in [2.24, 2.45) is 7.05 Å². The van der Waals surface area contributed by atoms with Crippen LogP contribution in [0.25, 0.3) is 198 Å². The number of thiazole rings is 1. The van der Waals surface area contributed by atoms with Crippen LogP contribution in [0.1, 0.15) is 0 Å². The molecular weight excluding hydrogens is 1160 g/mol. The summed E-state index contributed by atoms with van der Waals surface area (Å²) in [5.74, 6) is 0.906. The lowest BCUT2D eigenvalue weighted by Gasteiger charge is -2.08. The number of rotatable bonds is 5. The first kappa shape index (κ1) is 47.7. The van der Waals surface area contributed by atoms with E-state index in [0.717, 1.165) is 93.8 Å². The number of imidazole rings is 1. The number of hydrogen-bond donors (Lipinski definition) is 0. The van der Waals surface area contributed by atoms with E-state index < -0.39 is 0 Å². The number of oxazole rings is 1. The van der Waals surface area contributed by atoms with Gasteiger partial charge in [-0.15, -0.1) is 34.0 Å². The Morgan fingerprint density at radius 2 is 0.773 bits per heavy atom. The fourth-order valence-electron chi connectivity index (χ4n) is 14.5. The molecular formula is C76H41N7OS4. The number of thiophene rings is 3. The minimum atomic E-state index is 0.549. The van der Waals surface area contributed by atoms with Crippen LogP contribution < -0.4 is 0 Å². The molecule has 0 aliphatic carbocycles. The molecule has 0 spiro atoms. The Morgan fingerprint density at radius 3 is 1.42 bits per heavy atom. The number of para-hydroxylation sites is 6. The van der Waals surface area contributed by atoms with Crippen LogP contribution in [-0.2, 0) is 7.05 Å². The molecule has 21 aromatic rings. The molecule has 88 heavy (non-hydrogen) atoms. The van der Waals surface area contributed by atoms with Crippen molar-refractivity contribution < 1.29 is 4.42 Å². The van der Waals surface area contributed by atoms with Gasteiger partial charge in [0, 0.05) is 85.8 Å². The smallest absolute Gasteiger partial charge is 0.307 e. The van der Waals surface area contributed by atoms with Gasteiger partial charge in [0.1, 0.15) is 5.52 Å². The van der Waals surface area contributed by atoms with Crippen molar-refractivity contribution in [2.75, 3.05) is 0 Å². The van der Waals surface area contributed by atoms with E-state index in [1.165, 1.54) is 97.8 Å². The second-order valence-corrected chi connectivity index (χ2v) is 27.3. The summed E-state index contributed by atoms with van der Waals surface area (Å²) in [6.07, 6.45) is 0. The average Bonchev–Trinajstić information content (AvgIpc) is 2.55. The Morgan fingerprint density at radius 1 is 0.307 bits per heavy atom. The van der Waals surface area contributed by atoms with E-state index in [1.807, 2.05) is 58.3 Å². The molecule has 0 amide bonds. The number of fused-ring (bicyclic) bond motifs is 24. The molecule has 12 aromatic carbocycles. The monoisotopic (exact) mass is 1200 g/mol. The predicted octanol–water partition coefficient (Wildman–Crippen LogP) is 22.1. The number of nitrogens with zero attached hydrogens (tertiary/aromatic N) is 7. The van der Waals surface area contributed by atoms with Gasteiger partial charge in [0.2, 0.25) is 5.95 Å². The highest BCUT2D eigenvalue weighted by Crippen LogP contribution is 2.49. The van der Waals surface area contributed by atoms with Crippen molar-refractivity contribution in [1.82, 2.24) is 33.2 Å². The van der Waals surface area contributed by atoms with Crippen LogP contribution in [0.3, 0.4) is 0 Å². The van der Waals surface area contributed by atoms with Crippen molar-refractivity contribution in [3.8, 4) is 39.3 Å². The largest absolute Gasteiger partial charge is 0.423 e. The van der Waals surface area contributed by atoms with Gasteiger partial charge in [0.25, 0.3) is 0 Å². The van der Waals surface area contributed by atoms with E-state index in [2.05, 4.69) is 232 Å². The van der Waals surface area contributed by atoms with Gasteiger partial charge in [-0.25, -0.2) is 9.97 Å². The van der Waals surface area contributed by atoms with Crippen LogP contribution in [0.4, 0.5) is 0 Å². The van der Waals surface area contributed by atoms with E-state index in [-0.39, 0.29) is 0 Å². The summed E-state index contributed by atoms with van der Waals surface area (Å²) in [6.45, 7) is 0. The quantitative estimate of drug-likeness (QED) is 0.172. The maximum atomic E-state index is 6.79. The summed E-state index contributed by atoms with van der Waals surface area (Å²) in [4.78, 5) is 15.8. The Balaban J connectivity index is 0.741. The molecule has 0 bridgehead atoms. The summed E-state index contributed by atoms with van der Waals surface area (Å²) in [5, 5.41) is 15.6. The maximum Gasteiger partial charge on any atom is 0.307 e. The molecule has 0 fully saturated rings. The molecule has 0 atom stereocenters. The number of hydrogen-bond acceptors (Lipinski definition) is 8. The third-order valence-electron chi connectivity index (χ3n) is 18.5. The molecule has 0 aliphatic heterocycles. The fraction of sp³-hybridized carbons (Fsp3) is 0.0132. The SMILES string of the molecule is Cn1c(-n2c3ccccc3c3ccc4c5cc(-c6ccc7c8ccc9c%10cc(-c%11ccc%12c%13ccc%14c%15ccccc%15sc%14c%13n(-c%13nc%14ccccc%14s%13)c%12c%11)ccc%10sc9c8n(-c8nc9ccccc9o8)c7c6)ccc5sc4c32)nc2ccccc21. The summed E-state index contributed by atoms with van der Waals surface area (Å²) >= 11 is 7.32. The Labute approximate surface area is 514 Å². The van der Waals surface area contributed by atoms with Gasteiger partial charge < -0.3 is 8.98 Å². The first-order chi connectivity index (χ1) is 43.5. The van der Waals surface area contributed by atoms with E-state index in [0.29, 0.717) is 6.01 Å². The molecule has 0 saturated heterocycles. The lowest BCUT2D eigenvalue weighted by Crippen LogP contribution is -2.03. The topological polar surface area (TPSA) is 71.5 Å². The molecule has 0 N–H and O–H groups in total. The highest BCUT2D eigenvalue weighted by Gasteiger charge is 2.26. The molecule has 0 aliphatic rings. The normalized spacial score (nSPS) is 12.6. The Kier molecular flexibility index (Phi) is 9.42. The zero-order valence-corrected chi connectivity index (χ0v) is 49.9. The molecule has 0 unspecified atom stereocenters. The van der Waals surface area contributed by atoms with Gasteiger partial charge in [0.05, 0.1) is 68.4 Å². The third kappa shape index (κ3) is 6.43. The summed E-state index contributed by atoms with van der Waals surface area (Å²) in [6, 6.07) is 84.9. The molecule has 0 saturated carbocycles. The zero-order chi connectivity index (χ0) is 57.2. The van der Waals surface area contributed by atoms with Crippen molar-refractivity contribution >= 4 is 204 Å². The van der Waals surface area contributed by atoms with Crippen molar-refractivity contribution in [2.45, 2.75) is 0 Å². The highest BCUT2D eigenvalue weighted by molar-refractivity contribution is 7.27. The van der Waals surface area contributed by atoms with E-state index >= 15 is 0 Å². The van der Waals surface area contributed by atoms with E-state index in [4.69, 9.17) is 19.4 Å². The van der Waals surface area contributed by atoms with Gasteiger partial charge >= 0.3 is 6.01 Å². The second-order valence-electron chi connectivity index (χ2n) is 23.1. The molecule has 9 aromatic heterocycles. The van der Waals surface area contributed by atoms with Crippen LogP contribution in [0.15, 0.2) is 235 Å². The lowest BCUT2D eigenvalue weighted by atomic mass is 10.00. The minimum absolute atomic E-state index is 0.549. The number of aryl methyl sites for hydroxylation is 1. The number of aromatic nitrogens is 7. The third-order valence-corrected chi connectivity index (χ3v) is 23.1. The van der Waals surface area contributed by atoms with Crippen LogP contribution in [0.2, 0.25) is 0 Å². The highest BCUT2D eigenvalue weighted by atomic mass is 32.1. The van der Waals surface area contributed by atoms with Crippen LogP contribution in [-0.4, -0.2) is 33.2 Å². The fourth-order valence-corrected chi connectivity index (χ4v) is 19.1. The van der Waals surface area contributed by atoms with E-state index in [9.17, 15) is 0 Å². The summed E-state index contributed by atoms with van der Waals surface area (Å²) in [5.41, 5.74) is 16.1. The van der Waals surface area contributed by atoms with Gasteiger partial charge in [-0.05, 0) is 107 Å². The molecule has 12 heteroatoms. The minimum Gasteiger partial charge on any atom is -0.423 e. The standard InChI is InChI=1S/C76H41N7OS4/c1-80-60-18-8-4-14-56(60)77-74(80)81-59-17-7-2-12-44(59)48-29-32-52-54-36-40(24-34-65(54)86-72(52)68(48)81)42-22-26-45-49-30-33-53-55-37-41(25-35-66(55)87-73(53)69(49)82(61(45)38-42)75-78-57-15-5-9-19-63(57)84-75)43-23-27-46-50-28-31-51-47-13-3-10-20-64(47)85-71(51)70(50)83(62(46)39-43)76-79-58-16-6-11-21-67(58)88-76/h2-39H,1H3. The average molecular weight is 1200 g/mol. The Bertz CT molecular complexity index is 6600. The van der Waals surface area contributed by atoms with Gasteiger partial charge in [-0.1, -0.05) is 157 Å². The first-order valence-corrected chi connectivity index (χ1v) is 32.6.